The maximum Gasteiger partial charge on any atom is 0.351 e. The van der Waals surface area contributed by atoms with Crippen molar-refractivity contribution in [2.45, 2.75) is 0 Å². The SMILES string of the molecule is Cl.[O-][n+]1cccc2nccnc21. The van der Waals surface area contributed by atoms with Crippen molar-refractivity contribution in [3.63, 3.8) is 0 Å². The second kappa shape index (κ2) is 3.32. The third-order valence-electron chi connectivity index (χ3n) is 1.39. The first-order chi connectivity index (χ1) is 5.38. The van der Waals surface area contributed by atoms with Crippen LogP contribution in [0.25, 0.3) is 11.2 Å². The van der Waals surface area contributed by atoms with Gasteiger partial charge in [-0.3, -0.25) is 0 Å². The van der Waals surface area contributed by atoms with E-state index in [0.29, 0.717) is 15.9 Å². The van der Waals surface area contributed by atoms with Crippen LogP contribution in [-0.2, 0) is 0 Å². The number of fused-ring (bicyclic) bond motifs is 1. The molecule has 0 unspecified atom stereocenters. The second-order valence-electron chi connectivity index (χ2n) is 2.10. The third-order valence-corrected chi connectivity index (χ3v) is 1.39. The van der Waals surface area contributed by atoms with E-state index in [9.17, 15) is 5.21 Å². The number of nitrogens with zero attached hydrogens (tertiary/aromatic N) is 3. The summed E-state index contributed by atoms with van der Waals surface area (Å²) in [4.78, 5) is 7.83. The van der Waals surface area contributed by atoms with Crippen molar-refractivity contribution in [3.8, 4) is 0 Å². The number of hydrogen-bond acceptors (Lipinski definition) is 3. The highest BCUT2D eigenvalue weighted by Crippen LogP contribution is 1.98. The normalized spacial score (nSPS) is 9.33. The van der Waals surface area contributed by atoms with Gasteiger partial charge in [0.05, 0.1) is 12.4 Å². The molecule has 0 aliphatic carbocycles. The lowest BCUT2D eigenvalue weighted by atomic mass is 10.4. The quantitative estimate of drug-likeness (QED) is 0.446. The van der Waals surface area contributed by atoms with E-state index in [-0.39, 0.29) is 12.4 Å². The molecule has 0 aromatic carbocycles. The highest BCUT2D eigenvalue weighted by molar-refractivity contribution is 5.85. The van der Waals surface area contributed by atoms with Gasteiger partial charge >= 0.3 is 5.65 Å². The molecule has 0 spiro atoms. The Kier molecular flexibility index (Phi) is 2.40. The van der Waals surface area contributed by atoms with Crippen LogP contribution in [0.4, 0.5) is 0 Å². The van der Waals surface area contributed by atoms with Gasteiger partial charge in [-0.15, -0.1) is 12.4 Å². The molecule has 2 aromatic heterocycles. The van der Waals surface area contributed by atoms with E-state index in [1.165, 1.54) is 12.4 Å². The topological polar surface area (TPSA) is 52.7 Å². The summed E-state index contributed by atoms with van der Waals surface area (Å²) in [5.74, 6) is 0. The first-order valence-corrected chi connectivity index (χ1v) is 3.17. The fourth-order valence-electron chi connectivity index (χ4n) is 0.912. The molecule has 2 rings (SSSR count). The summed E-state index contributed by atoms with van der Waals surface area (Å²) in [6.07, 6.45) is 4.45. The molecule has 0 atom stereocenters. The lowest BCUT2D eigenvalue weighted by molar-refractivity contribution is -0.579. The Balaban J connectivity index is 0.000000720. The molecule has 0 N–H and O–H groups in total. The fraction of sp³-hybridized carbons (Fsp3) is 0. The molecular formula is C7H6ClN3O. The van der Waals surface area contributed by atoms with Crippen LogP contribution in [-0.4, -0.2) is 9.97 Å². The summed E-state index contributed by atoms with van der Waals surface area (Å²) in [7, 11) is 0. The molecule has 2 heterocycles. The van der Waals surface area contributed by atoms with Gasteiger partial charge in [-0.1, -0.05) is 0 Å². The average molecular weight is 184 g/mol. The molecule has 0 radical (unpaired) electrons. The first-order valence-electron chi connectivity index (χ1n) is 3.17. The van der Waals surface area contributed by atoms with Gasteiger partial charge in [0.1, 0.15) is 0 Å². The summed E-state index contributed by atoms with van der Waals surface area (Å²) in [5.41, 5.74) is 0.972. The van der Waals surface area contributed by atoms with Crippen LogP contribution < -0.4 is 4.73 Å². The molecule has 0 saturated heterocycles. The molecule has 0 fully saturated rings. The number of hydrogen-bond donors (Lipinski definition) is 0. The zero-order chi connectivity index (χ0) is 7.68. The smallest absolute Gasteiger partial charge is 0.351 e. The fourth-order valence-corrected chi connectivity index (χ4v) is 0.912. The van der Waals surface area contributed by atoms with Gasteiger partial charge < -0.3 is 5.21 Å². The number of pyridine rings is 1. The van der Waals surface area contributed by atoms with Gasteiger partial charge in [0.2, 0.25) is 0 Å². The predicted molar refractivity (Wildman–Crippen MR) is 45.7 cm³/mol. The van der Waals surface area contributed by atoms with E-state index in [1.54, 1.807) is 18.3 Å². The molecule has 2 aromatic rings. The summed E-state index contributed by atoms with van der Waals surface area (Å²) >= 11 is 0. The monoisotopic (exact) mass is 183 g/mol. The van der Waals surface area contributed by atoms with Crippen molar-refractivity contribution in [1.82, 2.24) is 9.97 Å². The van der Waals surface area contributed by atoms with Crippen LogP contribution in [0.15, 0.2) is 30.7 Å². The predicted octanol–water partition coefficient (Wildman–Crippen LogP) is 0.685. The molecule has 0 aliphatic rings. The van der Waals surface area contributed by atoms with Crippen LogP contribution in [0.2, 0.25) is 0 Å². The molecule has 62 valence electrons. The maximum absolute atomic E-state index is 11.0. The van der Waals surface area contributed by atoms with Crippen LogP contribution in [0.5, 0.6) is 0 Å². The Morgan fingerprint density at radius 3 is 2.75 bits per heavy atom. The molecular weight excluding hydrogens is 178 g/mol. The van der Waals surface area contributed by atoms with Crippen molar-refractivity contribution in [3.05, 3.63) is 35.9 Å². The standard InChI is InChI=1S/C7H5N3O.ClH/c11-10-5-1-2-6-7(10)9-4-3-8-6;/h1-5H;1H. The van der Waals surface area contributed by atoms with Crippen molar-refractivity contribution in [2.24, 2.45) is 0 Å². The van der Waals surface area contributed by atoms with Gasteiger partial charge in [0, 0.05) is 0 Å². The zero-order valence-electron chi connectivity index (χ0n) is 6.04. The van der Waals surface area contributed by atoms with Gasteiger partial charge in [-0.2, -0.15) is 0 Å². The maximum atomic E-state index is 11.0. The summed E-state index contributed by atoms with van der Waals surface area (Å²) in [5, 5.41) is 11.0. The minimum Gasteiger partial charge on any atom is -0.710 e. The lowest BCUT2D eigenvalue weighted by Gasteiger charge is -1.99. The number of rotatable bonds is 0. The van der Waals surface area contributed by atoms with Crippen LogP contribution in [0, 0.1) is 5.21 Å². The number of halogens is 1. The Hall–Kier alpha value is -1.42. The van der Waals surface area contributed by atoms with E-state index in [0.717, 1.165) is 0 Å². The minimum atomic E-state index is 0. The Bertz CT molecular complexity index is 388. The Labute approximate surface area is 74.9 Å². The Morgan fingerprint density at radius 2 is 2.00 bits per heavy atom. The first kappa shape index (κ1) is 8.67. The highest BCUT2D eigenvalue weighted by atomic mass is 35.5. The third kappa shape index (κ3) is 1.29. The van der Waals surface area contributed by atoms with Crippen LogP contribution in [0.1, 0.15) is 0 Å². The van der Waals surface area contributed by atoms with Gasteiger partial charge in [0.15, 0.2) is 11.7 Å². The van der Waals surface area contributed by atoms with E-state index in [4.69, 9.17) is 0 Å². The highest BCUT2D eigenvalue weighted by Gasteiger charge is 2.01. The lowest BCUT2D eigenvalue weighted by Crippen LogP contribution is -2.26. The number of aromatic nitrogens is 3. The van der Waals surface area contributed by atoms with E-state index >= 15 is 0 Å². The zero-order valence-corrected chi connectivity index (χ0v) is 6.86. The van der Waals surface area contributed by atoms with E-state index in [1.807, 2.05) is 0 Å². The molecule has 12 heavy (non-hydrogen) atoms. The average Bonchev–Trinajstić information content (AvgIpc) is 2.06. The van der Waals surface area contributed by atoms with Crippen molar-refractivity contribution >= 4 is 23.6 Å². The van der Waals surface area contributed by atoms with Gasteiger partial charge in [-0.05, 0) is 17.1 Å². The van der Waals surface area contributed by atoms with Crippen LogP contribution >= 0.6 is 12.4 Å². The van der Waals surface area contributed by atoms with Crippen molar-refractivity contribution < 1.29 is 4.73 Å². The van der Waals surface area contributed by atoms with Gasteiger partial charge in [0.25, 0.3) is 0 Å². The summed E-state index contributed by atoms with van der Waals surface area (Å²) in [6, 6.07) is 3.39. The summed E-state index contributed by atoms with van der Waals surface area (Å²) < 4.78 is 0.697. The van der Waals surface area contributed by atoms with E-state index < -0.39 is 0 Å². The molecule has 4 nitrogen and oxygen atoms in total. The molecule has 5 heteroatoms. The molecule has 0 bridgehead atoms. The van der Waals surface area contributed by atoms with Gasteiger partial charge in [-0.25, -0.2) is 9.71 Å². The van der Waals surface area contributed by atoms with Crippen molar-refractivity contribution in [2.75, 3.05) is 0 Å². The molecule has 0 amide bonds. The minimum absolute atomic E-state index is 0. The van der Waals surface area contributed by atoms with Crippen LogP contribution in [0.3, 0.4) is 0 Å². The largest absolute Gasteiger partial charge is 0.710 e. The second-order valence-corrected chi connectivity index (χ2v) is 2.10. The molecule has 0 aliphatic heterocycles. The summed E-state index contributed by atoms with van der Waals surface area (Å²) in [6.45, 7) is 0. The van der Waals surface area contributed by atoms with E-state index in [2.05, 4.69) is 9.97 Å². The Morgan fingerprint density at radius 1 is 1.25 bits per heavy atom. The van der Waals surface area contributed by atoms with Crippen molar-refractivity contribution in [1.29, 1.82) is 0 Å². The molecule has 0 saturated carbocycles.